The number of carbonyl (C=O) groups excluding carboxylic acids is 1. The number of hydrogen-bond donors (Lipinski definition) is 2. The van der Waals surface area contributed by atoms with Crippen LogP contribution in [0.3, 0.4) is 0 Å². The Hall–Kier alpha value is -1.33. The summed E-state index contributed by atoms with van der Waals surface area (Å²) in [4.78, 5) is 24.2. The summed E-state index contributed by atoms with van der Waals surface area (Å²) in [6, 6.07) is -0.202. The van der Waals surface area contributed by atoms with E-state index >= 15 is 0 Å². The second-order valence-electron chi connectivity index (χ2n) is 5.59. The number of likely N-dealkylation sites (tertiary alicyclic amines) is 1. The van der Waals surface area contributed by atoms with E-state index in [0.717, 1.165) is 6.42 Å². The van der Waals surface area contributed by atoms with Gasteiger partial charge in [0.15, 0.2) is 0 Å². The van der Waals surface area contributed by atoms with Crippen molar-refractivity contribution in [2.75, 3.05) is 19.6 Å². The van der Waals surface area contributed by atoms with Crippen LogP contribution >= 0.6 is 0 Å². The molecular weight excluding hydrogens is 251 g/mol. The Morgan fingerprint density at radius 3 is 2.42 bits per heavy atom. The zero-order valence-corrected chi connectivity index (χ0v) is 11.0. The van der Waals surface area contributed by atoms with Gasteiger partial charge in [-0.3, -0.25) is 4.79 Å². The summed E-state index contributed by atoms with van der Waals surface area (Å²) in [5, 5.41) is 11.6. The third-order valence-corrected chi connectivity index (χ3v) is 4.23. The van der Waals surface area contributed by atoms with Gasteiger partial charge in [-0.05, 0) is 38.5 Å². The highest BCUT2D eigenvalue weighted by Gasteiger charge is 2.36. The van der Waals surface area contributed by atoms with E-state index in [4.69, 9.17) is 5.11 Å². The molecule has 2 fully saturated rings. The van der Waals surface area contributed by atoms with E-state index in [1.165, 1.54) is 0 Å². The van der Waals surface area contributed by atoms with E-state index in [9.17, 15) is 14.0 Å². The Labute approximate surface area is 112 Å². The summed E-state index contributed by atoms with van der Waals surface area (Å²) < 4.78 is 13.7. The van der Waals surface area contributed by atoms with E-state index in [-0.39, 0.29) is 11.9 Å². The summed E-state index contributed by atoms with van der Waals surface area (Å²) in [6.07, 6.45) is 3.52. The highest BCUT2D eigenvalue weighted by molar-refractivity contribution is 5.75. The lowest BCUT2D eigenvalue weighted by Crippen LogP contribution is -2.46. The maximum Gasteiger partial charge on any atom is 0.317 e. The summed E-state index contributed by atoms with van der Waals surface area (Å²) >= 11 is 0. The van der Waals surface area contributed by atoms with Crippen LogP contribution in [0.1, 0.15) is 38.5 Å². The molecule has 0 unspecified atom stereocenters. The normalized spacial score (nSPS) is 22.7. The number of hydrogen-bond acceptors (Lipinski definition) is 2. The number of rotatable bonds is 4. The second kappa shape index (κ2) is 5.75. The van der Waals surface area contributed by atoms with Crippen LogP contribution in [0.15, 0.2) is 0 Å². The Kier molecular flexibility index (Phi) is 4.27. The number of amides is 2. The van der Waals surface area contributed by atoms with E-state index in [1.54, 1.807) is 4.90 Å². The van der Waals surface area contributed by atoms with Crippen LogP contribution < -0.4 is 5.32 Å². The number of carboxylic acids is 1. The minimum absolute atomic E-state index is 0.202. The van der Waals surface area contributed by atoms with Crippen LogP contribution in [-0.4, -0.2) is 47.3 Å². The molecule has 19 heavy (non-hydrogen) atoms. The van der Waals surface area contributed by atoms with Crippen molar-refractivity contribution in [3.05, 3.63) is 0 Å². The van der Waals surface area contributed by atoms with Crippen LogP contribution in [0.25, 0.3) is 0 Å². The fourth-order valence-electron chi connectivity index (χ4n) is 2.65. The smallest absolute Gasteiger partial charge is 0.317 e. The Morgan fingerprint density at radius 2 is 1.95 bits per heavy atom. The van der Waals surface area contributed by atoms with Gasteiger partial charge in [0.1, 0.15) is 5.67 Å². The third-order valence-electron chi connectivity index (χ3n) is 4.23. The predicted octanol–water partition coefficient (Wildman–Crippen LogP) is 1.77. The number of urea groups is 1. The van der Waals surface area contributed by atoms with Crippen molar-refractivity contribution in [1.82, 2.24) is 10.2 Å². The van der Waals surface area contributed by atoms with Crippen LogP contribution in [0.4, 0.5) is 9.18 Å². The summed E-state index contributed by atoms with van der Waals surface area (Å²) in [7, 11) is 0. The molecule has 1 saturated heterocycles. The highest BCUT2D eigenvalue weighted by atomic mass is 19.1. The molecule has 2 amide bonds. The van der Waals surface area contributed by atoms with Crippen molar-refractivity contribution in [2.24, 2.45) is 5.92 Å². The van der Waals surface area contributed by atoms with Crippen LogP contribution in [-0.2, 0) is 4.79 Å². The van der Waals surface area contributed by atoms with Crippen LogP contribution in [0.2, 0.25) is 0 Å². The van der Waals surface area contributed by atoms with Crippen molar-refractivity contribution in [1.29, 1.82) is 0 Å². The predicted molar refractivity (Wildman–Crippen MR) is 67.6 cm³/mol. The maximum atomic E-state index is 13.7. The van der Waals surface area contributed by atoms with Gasteiger partial charge in [0.25, 0.3) is 0 Å². The van der Waals surface area contributed by atoms with Gasteiger partial charge in [0.05, 0.1) is 5.92 Å². The minimum atomic E-state index is -1.07. The molecule has 1 aliphatic carbocycles. The average Bonchev–Trinajstić information content (AvgIpc) is 2.36. The fraction of sp³-hybridized carbons (Fsp3) is 0.846. The Balaban J connectivity index is 1.65. The molecule has 0 spiro atoms. The van der Waals surface area contributed by atoms with Crippen molar-refractivity contribution in [2.45, 2.75) is 44.2 Å². The molecule has 0 bridgehead atoms. The van der Waals surface area contributed by atoms with Gasteiger partial charge in [0, 0.05) is 19.6 Å². The molecule has 2 N–H and O–H groups in total. The summed E-state index contributed by atoms with van der Waals surface area (Å²) in [5.41, 5.74) is -1.07. The van der Waals surface area contributed by atoms with Gasteiger partial charge in [0.2, 0.25) is 0 Å². The number of nitrogens with zero attached hydrogens (tertiary/aromatic N) is 1. The number of carbonyl (C=O) groups is 2. The number of halogens is 1. The lowest BCUT2D eigenvalue weighted by molar-refractivity contribution is -0.143. The minimum Gasteiger partial charge on any atom is -0.481 e. The first-order valence-corrected chi connectivity index (χ1v) is 6.95. The van der Waals surface area contributed by atoms with Crippen molar-refractivity contribution < 1.29 is 19.1 Å². The van der Waals surface area contributed by atoms with Crippen molar-refractivity contribution in [3.63, 3.8) is 0 Å². The molecule has 1 heterocycles. The molecule has 108 valence electrons. The standard InChI is InChI=1S/C13H21FN2O3/c14-13(4-1-5-13)6-7-15-12(19)16-8-2-10(3-9-16)11(17)18/h10H,1-9H2,(H,15,19)(H,17,18). The zero-order chi connectivity index (χ0) is 13.9. The van der Waals surface area contributed by atoms with Gasteiger partial charge in [-0.15, -0.1) is 0 Å². The molecule has 0 atom stereocenters. The van der Waals surface area contributed by atoms with Gasteiger partial charge in [-0.1, -0.05) is 0 Å². The monoisotopic (exact) mass is 272 g/mol. The molecular formula is C13H21FN2O3. The van der Waals surface area contributed by atoms with Gasteiger partial charge in [-0.2, -0.15) is 0 Å². The number of carboxylic acid groups (broad SMARTS) is 1. The molecule has 1 aliphatic heterocycles. The Bertz CT molecular complexity index is 350. The van der Waals surface area contributed by atoms with E-state index in [0.29, 0.717) is 51.7 Å². The lowest BCUT2D eigenvalue weighted by atomic mass is 9.80. The molecule has 0 aromatic rings. The second-order valence-corrected chi connectivity index (χ2v) is 5.59. The number of piperidine rings is 1. The molecule has 0 aromatic carbocycles. The van der Waals surface area contributed by atoms with Gasteiger partial charge >= 0.3 is 12.0 Å². The first kappa shape index (κ1) is 14.1. The number of nitrogens with one attached hydrogen (secondary N) is 1. The largest absolute Gasteiger partial charge is 0.481 e. The number of alkyl halides is 1. The summed E-state index contributed by atoms with van der Waals surface area (Å²) in [6.45, 7) is 1.28. The third kappa shape index (κ3) is 3.58. The molecule has 2 rings (SSSR count). The molecule has 1 saturated carbocycles. The quantitative estimate of drug-likeness (QED) is 0.819. The zero-order valence-electron chi connectivity index (χ0n) is 11.0. The lowest BCUT2D eigenvalue weighted by Gasteiger charge is -2.34. The molecule has 5 nitrogen and oxygen atoms in total. The van der Waals surface area contributed by atoms with Crippen LogP contribution in [0, 0.1) is 5.92 Å². The number of aliphatic carboxylic acids is 1. The SMILES string of the molecule is O=C(O)C1CCN(C(=O)NCCC2(F)CCC2)CC1. The van der Waals surface area contributed by atoms with Crippen LogP contribution in [0.5, 0.6) is 0 Å². The topological polar surface area (TPSA) is 69.6 Å². The van der Waals surface area contributed by atoms with Gasteiger partial charge < -0.3 is 15.3 Å². The highest BCUT2D eigenvalue weighted by Crippen LogP contribution is 2.38. The molecule has 0 radical (unpaired) electrons. The van der Waals surface area contributed by atoms with E-state index in [2.05, 4.69) is 5.32 Å². The molecule has 2 aliphatic rings. The summed E-state index contributed by atoms with van der Waals surface area (Å²) in [5.74, 6) is -1.13. The van der Waals surface area contributed by atoms with Crippen molar-refractivity contribution in [3.8, 4) is 0 Å². The first-order valence-electron chi connectivity index (χ1n) is 6.95. The first-order chi connectivity index (χ1) is 9.00. The van der Waals surface area contributed by atoms with Gasteiger partial charge in [-0.25, -0.2) is 9.18 Å². The molecule has 0 aromatic heterocycles. The van der Waals surface area contributed by atoms with E-state index in [1.807, 2.05) is 0 Å². The maximum absolute atomic E-state index is 13.7. The molecule has 6 heteroatoms. The average molecular weight is 272 g/mol. The fourth-order valence-corrected chi connectivity index (χ4v) is 2.65. The van der Waals surface area contributed by atoms with Crippen molar-refractivity contribution >= 4 is 12.0 Å². The van der Waals surface area contributed by atoms with E-state index < -0.39 is 11.6 Å². The Morgan fingerprint density at radius 1 is 1.32 bits per heavy atom.